The van der Waals surface area contributed by atoms with Crippen LogP contribution < -0.4 is 10.6 Å². The lowest BCUT2D eigenvalue weighted by atomic mass is 9.85. The molecule has 3 aromatic rings. The molecule has 3 aromatic carbocycles. The van der Waals surface area contributed by atoms with Crippen molar-refractivity contribution in [3.8, 4) is 11.1 Å². The molecule has 0 aromatic heterocycles. The fraction of sp³-hybridized carbons (Fsp3) is 0.324. The fourth-order valence-electron chi connectivity index (χ4n) is 4.74. The Hall–Kier alpha value is -4.19. The smallest absolute Gasteiger partial charge is 0.304 e. The molecule has 0 saturated carbocycles. The van der Waals surface area contributed by atoms with Gasteiger partial charge in [0.2, 0.25) is 11.8 Å². The summed E-state index contributed by atoms with van der Waals surface area (Å²) < 4.78 is 0. The molecule has 2 amide bonds. The maximum absolute atomic E-state index is 13.4. The SMILES string of the molecule is Cc1cccc(C=CC[C@H](CC(=O)O)C(=O)N[C@H](C(=O)N[C@H](C)c2ccccc2)C(C)(C)C)c1-c1ccccc1. The number of hydrogen-bond donors (Lipinski definition) is 3. The van der Waals surface area contributed by atoms with Crippen LogP contribution in [0, 0.1) is 18.3 Å². The third-order valence-electron chi connectivity index (χ3n) is 6.95. The Kier molecular flexibility index (Phi) is 10.4. The highest BCUT2D eigenvalue weighted by molar-refractivity contribution is 5.90. The third-order valence-corrected chi connectivity index (χ3v) is 6.95. The van der Waals surface area contributed by atoms with Crippen LogP contribution in [-0.2, 0) is 14.4 Å². The Morgan fingerprint density at radius 1 is 0.850 bits per heavy atom. The van der Waals surface area contributed by atoms with E-state index in [0.29, 0.717) is 0 Å². The van der Waals surface area contributed by atoms with Crippen molar-refractivity contribution in [3.05, 3.63) is 102 Å². The van der Waals surface area contributed by atoms with E-state index in [1.807, 2.05) is 101 Å². The second-order valence-electron chi connectivity index (χ2n) is 11.3. The highest BCUT2D eigenvalue weighted by atomic mass is 16.4. The van der Waals surface area contributed by atoms with E-state index in [9.17, 15) is 19.5 Å². The standard InChI is InChI=1S/C34H40N2O4/c1-23-14-12-19-27(30(23)26-17-10-7-11-18-26)20-13-21-28(22-29(37)38)32(39)36-31(34(3,4)5)33(40)35-24(2)25-15-8-6-9-16-25/h6-20,24,28,31H,21-22H2,1-5H3,(H,35,40)(H,36,39)(H,37,38)/t24-,28-,31-/m1/s1. The molecule has 0 unspecified atom stereocenters. The molecule has 0 heterocycles. The van der Waals surface area contributed by atoms with E-state index in [0.717, 1.165) is 27.8 Å². The molecule has 0 aliphatic heterocycles. The average molecular weight is 541 g/mol. The highest BCUT2D eigenvalue weighted by Gasteiger charge is 2.35. The number of carboxylic acids is 1. The maximum Gasteiger partial charge on any atom is 0.304 e. The largest absolute Gasteiger partial charge is 0.481 e. The van der Waals surface area contributed by atoms with Gasteiger partial charge in [0, 0.05) is 0 Å². The zero-order valence-electron chi connectivity index (χ0n) is 24.0. The molecule has 6 heteroatoms. The van der Waals surface area contributed by atoms with Crippen LogP contribution in [0.25, 0.3) is 17.2 Å². The second kappa shape index (κ2) is 13.7. The number of rotatable bonds is 11. The molecule has 0 spiro atoms. The Morgan fingerprint density at radius 3 is 2.08 bits per heavy atom. The topological polar surface area (TPSA) is 95.5 Å². The van der Waals surface area contributed by atoms with Gasteiger partial charge in [-0.25, -0.2) is 0 Å². The van der Waals surface area contributed by atoms with Crippen molar-refractivity contribution in [2.75, 3.05) is 0 Å². The lowest BCUT2D eigenvalue weighted by Gasteiger charge is -2.32. The normalized spacial score (nSPS) is 13.8. The molecule has 3 rings (SSSR count). The Balaban J connectivity index is 1.77. The minimum absolute atomic E-state index is 0.221. The van der Waals surface area contributed by atoms with Gasteiger partial charge in [-0.3, -0.25) is 14.4 Å². The molecule has 0 saturated heterocycles. The Bertz CT molecular complexity index is 1330. The van der Waals surface area contributed by atoms with Crippen LogP contribution in [0.5, 0.6) is 0 Å². The van der Waals surface area contributed by atoms with Crippen molar-refractivity contribution in [1.82, 2.24) is 10.6 Å². The summed E-state index contributed by atoms with van der Waals surface area (Å²) >= 11 is 0. The number of allylic oxidation sites excluding steroid dienone is 1. The number of amides is 2. The van der Waals surface area contributed by atoms with E-state index in [-0.39, 0.29) is 24.8 Å². The summed E-state index contributed by atoms with van der Waals surface area (Å²) in [5, 5.41) is 15.4. The first-order chi connectivity index (χ1) is 19.0. The summed E-state index contributed by atoms with van der Waals surface area (Å²) in [7, 11) is 0. The fourth-order valence-corrected chi connectivity index (χ4v) is 4.74. The predicted octanol–water partition coefficient (Wildman–Crippen LogP) is 6.56. The van der Waals surface area contributed by atoms with Crippen molar-refractivity contribution >= 4 is 23.9 Å². The molecule has 3 N–H and O–H groups in total. The van der Waals surface area contributed by atoms with Gasteiger partial charge >= 0.3 is 5.97 Å². The third kappa shape index (κ3) is 8.40. The van der Waals surface area contributed by atoms with Gasteiger partial charge in [0.25, 0.3) is 0 Å². The molecular formula is C34H40N2O4. The number of hydrogen-bond acceptors (Lipinski definition) is 3. The van der Waals surface area contributed by atoms with Crippen LogP contribution >= 0.6 is 0 Å². The molecule has 3 atom stereocenters. The van der Waals surface area contributed by atoms with Gasteiger partial charge in [-0.2, -0.15) is 0 Å². The van der Waals surface area contributed by atoms with Gasteiger partial charge in [0.1, 0.15) is 6.04 Å². The molecule has 0 aliphatic carbocycles. The van der Waals surface area contributed by atoms with Gasteiger partial charge < -0.3 is 15.7 Å². The van der Waals surface area contributed by atoms with Crippen LogP contribution in [0.3, 0.4) is 0 Å². The zero-order valence-corrected chi connectivity index (χ0v) is 24.0. The quantitative estimate of drug-likeness (QED) is 0.257. The van der Waals surface area contributed by atoms with Crippen LogP contribution in [0.4, 0.5) is 0 Å². The van der Waals surface area contributed by atoms with Crippen molar-refractivity contribution < 1.29 is 19.5 Å². The maximum atomic E-state index is 13.4. The van der Waals surface area contributed by atoms with E-state index < -0.39 is 29.3 Å². The predicted molar refractivity (Wildman–Crippen MR) is 160 cm³/mol. The first-order valence-electron chi connectivity index (χ1n) is 13.7. The lowest BCUT2D eigenvalue weighted by Crippen LogP contribution is -2.55. The van der Waals surface area contributed by atoms with Crippen molar-refractivity contribution in [1.29, 1.82) is 0 Å². The Morgan fingerprint density at radius 2 is 1.48 bits per heavy atom. The number of aryl methyl sites for hydroxylation is 1. The van der Waals surface area contributed by atoms with Gasteiger partial charge in [-0.05, 0) is 53.5 Å². The van der Waals surface area contributed by atoms with E-state index in [1.54, 1.807) is 0 Å². The van der Waals surface area contributed by atoms with E-state index in [4.69, 9.17) is 0 Å². The number of carbonyl (C=O) groups is 3. The number of carboxylic acid groups (broad SMARTS) is 1. The summed E-state index contributed by atoms with van der Waals surface area (Å²) in [5.41, 5.74) is 4.65. The van der Waals surface area contributed by atoms with Crippen LogP contribution in [0.15, 0.2) is 84.9 Å². The van der Waals surface area contributed by atoms with Crippen LogP contribution in [0.2, 0.25) is 0 Å². The second-order valence-corrected chi connectivity index (χ2v) is 11.3. The van der Waals surface area contributed by atoms with E-state index >= 15 is 0 Å². The summed E-state index contributed by atoms with van der Waals surface area (Å²) in [6.45, 7) is 9.57. The first-order valence-corrected chi connectivity index (χ1v) is 13.7. The summed E-state index contributed by atoms with van der Waals surface area (Å²) in [6, 6.07) is 24.6. The molecule has 0 radical (unpaired) electrons. The van der Waals surface area contributed by atoms with Gasteiger partial charge in [-0.15, -0.1) is 0 Å². The monoisotopic (exact) mass is 540 g/mol. The minimum atomic E-state index is -1.07. The molecule has 210 valence electrons. The summed E-state index contributed by atoms with van der Waals surface area (Å²) in [4.78, 5) is 38.4. The van der Waals surface area contributed by atoms with E-state index in [1.165, 1.54) is 0 Å². The molecule has 40 heavy (non-hydrogen) atoms. The number of benzene rings is 3. The number of carbonyl (C=O) groups excluding carboxylic acids is 2. The van der Waals surface area contributed by atoms with E-state index in [2.05, 4.69) is 35.8 Å². The first kappa shape index (κ1) is 30.4. The van der Waals surface area contributed by atoms with Gasteiger partial charge in [0.15, 0.2) is 0 Å². The Labute approximate surface area is 237 Å². The summed E-state index contributed by atoms with van der Waals surface area (Å²) in [6.07, 6.45) is 3.67. The van der Waals surface area contributed by atoms with Crippen LogP contribution in [-0.4, -0.2) is 28.9 Å². The van der Waals surface area contributed by atoms with Gasteiger partial charge in [0.05, 0.1) is 18.4 Å². The summed E-state index contributed by atoms with van der Waals surface area (Å²) in [5.74, 6) is -2.66. The van der Waals surface area contributed by atoms with Crippen molar-refractivity contribution in [2.24, 2.45) is 11.3 Å². The molecular weight excluding hydrogens is 500 g/mol. The van der Waals surface area contributed by atoms with Crippen molar-refractivity contribution in [3.63, 3.8) is 0 Å². The molecule has 0 aliphatic rings. The number of aliphatic carboxylic acids is 1. The number of nitrogens with one attached hydrogen (secondary N) is 2. The molecule has 6 nitrogen and oxygen atoms in total. The van der Waals surface area contributed by atoms with Crippen molar-refractivity contribution in [2.45, 2.75) is 59.5 Å². The zero-order chi connectivity index (χ0) is 29.3. The molecule has 0 bridgehead atoms. The molecule has 0 fully saturated rings. The van der Waals surface area contributed by atoms with Crippen LogP contribution in [0.1, 0.15) is 63.3 Å². The lowest BCUT2D eigenvalue weighted by molar-refractivity contribution is -0.141. The minimum Gasteiger partial charge on any atom is -0.481 e. The highest BCUT2D eigenvalue weighted by Crippen LogP contribution is 2.29. The van der Waals surface area contributed by atoms with Gasteiger partial charge in [-0.1, -0.05) is 112 Å². The average Bonchev–Trinajstić information content (AvgIpc) is 2.91.